The molecule has 0 aliphatic heterocycles. The van der Waals surface area contributed by atoms with E-state index in [4.69, 9.17) is 9.84 Å². The van der Waals surface area contributed by atoms with Gasteiger partial charge in [0.2, 0.25) is 0 Å². The number of rotatable bonds is 7. The van der Waals surface area contributed by atoms with Gasteiger partial charge in [0.25, 0.3) is 0 Å². The number of unbranched alkanes of at least 4 members (excludes halogenated alkanes) is 1. The van der Waals surface area contributed by atoms with E-state index in [2.05, 4.69) is 5.73 Å². The van der Waals surface area contributed by atoms with Crippen molar-refractivity contribution in [2.45, 2.75) is 19.3 Å². The van der Waals surface area contributed by atoms with E-state index in [1.54, 1.807) is 0 Å². The Hall–Kier alpha value is -0.120. The van der Waals surface area contributed by atoms with Crippen molar-refractivity contribution in [3.63, 3.8) is 0 Å². The monoisotopic (exact) mass is 148 g/mol. The van der Waals surface area contributed by atoms with E-state index in [0.717, 1.165) is 39.0 Å². The molecule has 4 N–H and O–H groups in total. The number of aliphatic hydroxyl groups is 1. The predicted octanol–water partition coefficient (Wildman–Crippen LogP) is -0.593. The van der Waals surface area contributed by atoms with Gasteiger partial charge in [0.15, 0.2) is 0 Å². The van der Waals surface area contributed by atoms with Crippen LogP contribution in [0.5, 0.6) is 0 Å². The molecule has 0 rings (SSSR count). The maximum Gasteiger partial charge on any atom is 0.0762 e. The molecular weight excluding hydrogens is 130 g/mol. The van der Waals surface area contributed by atoms with Crippen molar-refractivity contribution in [1.29, 1.82) is 0 Å². The zero-order valence-corrected chi connectivity index (χ0v) is 6.51. The first-order chi connectivity index (χ1) is 4.91. The molecule has 0 saturated carbocycles. The van der Waals surface area contributed by atoms with Crippen molar-refractivity contribution in [3.8, 4) is 0 Å². The lowest BCUT2D eigenvalue weighted by Gasteiger charge is -1.99. The smallest absolute Gasteiger partial charge is 0.0762 e. The lowest BCUT2D eigenvalue weighted by Crippen LogP contribution is -2.50. The molecule has 0 aromatic rings. The quantitative estimate of drug-likeness (QED) is 0.474. The van der Waals surface area contributed by atoms with Gasteiger partial charge in [0, 0.05) is 19.6 Å². The third kappa shape index (κ3) is 7.88. The van der Waals surface area contributed by atoms with Gasteiger partial charge in [0.1, 0.15) is 0 Å². The lowest BCUT2D eigenvalue weighted by molar-refractivity contribution is -0.369. The molecule has 0 aromatic heterocycles. The maximum absolute atomic E-state index is 8.40. The zero-order chi connectivity index (χ0) is 7.66. The Morgan fingerprint density at radius 3 is 2.40 bits per heavy atom. The molecule has 0 aromatic carbocycles. The van der Waals surface area contributed by atoms with Gasteiger partial charge in [-0.1, -0.05) is 0 Å². The Morgan fingerprint density at radius 1 is 1.10 bits per heavy atom. The number of quaternary nitrogens is 1. The molecule has 3 nitrogen and oxygen atoms in total. The molecule has 0 saturated heterocycles. The number of hydrogen-bond donors (Lipinski definition) is 2. The molecule has 0 spiro atoms. The van der Waals surface area contributed by atoms with Crippen molar-refractivity contribution in [1.82, 2.24) is 0 Å². The zero-order valence-electron chi connectivity index (χ0n) is 6.51. The minimum absolute atomic E-state index is 0.276. The normalized spacial score (nSPS) is 10.2. The summed E-state index contributed by atoms with van der Waals surface area (Å²) in [5.41, 5.74) is 3.70. The molecule has 0 aliphatic rings. The van der Waals surface area contributed by atoms with E-state index in [0.29, 0.717) is 0 Å². The van der Waals surface area contributed by atoms with Crippen LogP contribution in [0, 0.1) is 0 Å². The molecule has 0 unspecified atom stereocenters. The number of ether oxygens (including phenoxy) is 1. The van der Waals surface area contributed by atoms with Crippen LogP contribution in [0.25, 0.3) is 0 Å². The van der Waals surface area contributed by atoms with Gasteiger partial charge in [-0.2, -0.15) is 0 Å². The van der Waals surface area contributed by atoms with Gasteiger partial charge in [0.05, 0.1) is 13.2 Å². The molecule has 0 bridgehead atoms. The summed E-state index contributed by atoms with van der Waals surface area (Å²) in [6.45, 7) is 2.81. The highest BCUT2D eigenvalue weighted by atomic mass is 16.5. The summed E-state index contributed by atoms with van der Waals surface area (Å²) < 4.78 is 5.22. The molecule has 0 atom stereocenters. The van der Waals surface area contributed by atoms with Gasteiger partial charge in [-0.05, 0) is 12.8 Å². The highest BCUT2D eigenvalue weighted by Crippen LogP contribution is 1.88. The van der Waals surface area contributed by atoms with Gasteiger partial charge < -0.3 is 15.6 Å². The summed E-state index contributed by atoms with van der Waals surface area (Å²) in [6.07, 6.45) is 2.86. The Bertz CT molecular complexity index is 51.6. The Kier molecular flexibility index (Phi) is 8.77. The van der Waals surface area contributed by atoms with Crippen LogP contribution in [0.15, 0.2) is 0 Å². The van der Waals surface area contributed by atoms with Crippen LogP contribution in [0.3, 0.4) is 0 Å². The van der Waals surface area contributed by atoms with Crippen molar-refractivity contribution in [3.05, 3.63) is 0 Å². The van der Waals surface area contributed by atoms with Crippen molar-refractivity contribution in [2.75, 3.05) is 26.4 Å². The van der Waals surface area contributed by atoms with Crippen LogP contribution in [-0.4, -0.2) is 31.5 Å². The standard InChI is InChI=1S/C7H17NO2/c8-4-3-7-10-6-2-1-5-9/h9H,1-8H2/p+1. The molecule has 62 valence electrons. The van der Waals surface area contributed by atoms with E-state index in [1.165, 1.54) is 0 Å². The average Bonchev–Trinajstić information content (AvgIpc) is 1.97. The minimum atomic E-state index is 0.276. The number of hydrogen-bond acceptors (Lipinski definition) is 2. The van der Waals surface area contributed by atoms with Crippen LogP contribution >= 0.6 is 0 Å². The van der Waals surface area contributed by atoms with E-state index < -0.39 is 0 Å². The van der Waals surface area contributed by atoms with Gasteiger partial charge >= 0.3 is 0 Å². The van der Waals surface area contributed by atoms with Gasteiger partial charge in [-0.3, -0.25) is 0 Å². The van der Waals surface area contributed by atoms with Crippen LogP contribution in [0.2, 0.25) is 0 Å². The highest BCUT2D eigenvalue weighted by Gasteiger charge is 1.88. The number of aliphatic hydroxyl groups excluding tert-OH is 1. The highest BCUT2D eigenvalue weighted by molar-refractivity contribution is 4.36. The van der Waals surface area contributed by atoms with Gasteiger partial charge in [-0.25, -0.2) is 0 Å². The van der Waals surface area contributed by atoms with Gasteiger partial charge in [-0.15, -0.1) is 0 Å². The Labute approximate surface area is 62.2 Å². The summed E-state index contributed by atoms with van der Waals surface area (Å²) in [4.78, 5) is 0. The first-order valence-electron chi connectivity index (χ1n) is 3.89. The molecule has 0 aliphatic carbocycles. The second kappa shape index (κ2) is 8.88. The average molecular weight is 148 g/mol. The summed E-state index contributed by atoms with van der Waals surface area (Å²) >= 11 is 0. The topological polar surface area (TPSA) is 57.1 Å². The molecule has 0 fully saturated rings. The Morgan fingerprint density at radius 2 is 1.80 bits per heavy atom. The SMILES string of the molecule is [NH3+]CCCOCCCCO. The molecule has 0 amide bonds. The first kappa shape index (κ1) is 9.88. The second-order valence-corrected chi connectivity index (χ2v) is 2.25. The third-order valence-corrected chi connectivity index (χ3v) is 1.24. The van der Waals surface area contributed by atoms with Crippen LogP contribution in [-0.2, 0) is 4.74 Å². The lowest BCUT2D eigenvalue weighted by atomic mass is 10.3. The molecule has 0 heterocycles. The maximum atomic E-state index is 8.40. The van der Waals surface area contributed by atoms with Crippen molar-refractivity contribution < 1.29 is 15.6 Å². The van der Waals surface area contributed by atoms with Crippen molar-refractivity contribution in [2.24, 2.45) is 0 Å². The largest absolute Gasteiger partial charge is 0.396 e. The van der Waals surface area contributed by atoms with Crippen LogP contribution in [0.1, 0.15) is 19.3 Å². The minimum Gasteiger partial charge on any atom is -0.396 e. The molecule has 10 heavy (non-hydrogen) atoms. The fourth-order valence-corrected chi connectivity index (χ4v) is 0.622. The van der Waals surface area contributed by atoms with Crippen LogP contribution < -0.4 is 5.73 Å². The molecule has 3 heteroatoms. The van der Waals surface area contributed by atoms with E-state index in [9.17, 15) is 0 Å². The van der Waals surface area contributed by atoms with E-state index >= 15 is 0 Å². The Balaban J connectivity index is 2.65. The molecule has 0 radical (unpaired) electrons. The van der Waals surface area contributed by atoms with E-state index in [-0.39, 0.29) is 6.61 Å². The fourth-order valence-electron chi connectivity index (χ4n) is 0.622. The summed E-state index contributed by atoms with van der Waals surface area (Å²) in [5.74, 6) is 0. The van der Waals surface area contributed by atoms with E-state index in [1.807, 2.05) is 0 Å². The fraction of sp³-hybridized carbons (Fsp3) is 1.00. The second-order valence-electron chi connectivity index (χ2n) is 2.25. The molecular formula is C7H18NO2+. The third-order valence-electron chi connectivity index (χ3n) is 1.24. The first-order valence-corrected chi connectivity index (χ1v) is 3.89. The summed E-state index contributed by atoms with van der Waals surface area (Å²) in [6, 6.07) is 0. The summed E-state index contributed by atoms with van der Waals surface area (Å²) in [7, 11) is 0. The van der Waals surface area contributed by atoms with Crippen LogP contribution in [0.4, 0.5) is 0 Å². The summed E-state index contributed by atoms with van der Waals surface area (Å²) in [5, 5.41) is 8.40. The van der Waals surface area contributed by atoms with Crippen molar-refractivity contribution >= 4 is 0 Å². The predicted molar refractivity (Wildman–Crippen MR) is 39.5 cm³/mol.